The van der Waals surface area contributed by atoms with E-state index in [1.807, 2.05) is 41.0 Å². The Morgan fingerprint density at radius 2 is 2.12 bits per heavy atom. The molecule has 0 atom stereocenters. The van der Waals surface area contributed by atoms with Gasteiger partial charge in [-0.1, -0.05) is 22.0 Å². The summed E-state index contributed by atoms with van der Waals surface area (Å²) in [6.07, 6.45) is 1.76. The normalized spacial score (nSPS) is 10.9. The lowest BCUT2D eigenvalue weighted by Gasteiger charge is -2.03. The van der Waals surface area contributed by atoms with Gasteiger partial charge in [-0.3, -0.25) is 4.57 Å². The second-order valence-corrected chi connectivity index (χ2v) is 4.92. The standard InChI is InChI=1S/C12H8BrN3S/c13-8-3-1-4-9(7-8)16-11-10(15-12(16)17)5-2-6-14-11/h1-7H,(H,15,17). The molecule has 84 valence electrons. The van der Waals surface area contributed by atoms with Gasteiger partial charge in [-0.2, -0.15) is 0 Å². The monoisotopic (exact) mass is 305 g/mol. The molecule has 0 radical (unpaired) electrons. The molecule has 0 saturated heterocycles. The Morgan fingerprint density at radius 1 is 1.24 bits per heavy atom. The Bertz CT molecular complexity index is 745. The smallest absolute Gasteiger partial charge is 0.183 e. The van der Waals surface area contributed by atoms with E-state index in [9.17, 15) is 0 Å². The van der Waals surface area contributed by atoms with Crippen molar-refractivity contribution >= 4 is 39.3 Å². The first-order valence-electron chi connectivity index (χ1n) is 5.07. The van der Waals surface area contributed by atoms with Gasteiger partial charge in [0, 0.05) is 10.7 Å². The number of hydrogen-bond acceptors (Lipinski definition) is 2. The molecular formula is C12H8BrN3S. The third-order valence-electron chi connectivity index (χ3n) is 2.51. The molecule has 2 aromatic heterocycles. The van der Waals surface area contributed by atoms with E-state index in [-0.39, 0.29) is 0 Å². The SMILES string of the molecule is S=c1[nH]c2cccnc2n1-c1cccc(Br)c1. The Morgan fingerprint density at radius 3 is 2.94 bits per heavy atom. The molecule has 0 amide bonds. The number of benzene rings is 1. The van der Waals surface area contributed by atoms with Crippen molar-refractivity contribution in [3.05, 3.63) is 51.8 Å². The highest BCUT2D eigenvalue weighted by Crippen LogP contribution is 2.20. The summed E-state index contributed by atoms with van der Waals surface area (Å²) in [6.45, 7) is 0. The number of imidazole rings is 1. The lowest BCUT2D eigenvalue weighted by atomic mass is 10.3. The number of halogens is 1. The van der Waals surface area contributed by atoms with Gasteiger partial charge in [0.05, 0.1) is 11.2 Å². The summed E-state index contributed by atoms with van der Waals surface area (Å²) < 4.78 is 3.59. The number of aromatic amines is 1. The van der Waals surface area contributed by atoms with E-state index in [0.29, 0.717) is 4.77 Å². The van der Waals surface area contributed by atoms with Crippen LogP contribution in [-0.4, -0.2) is 14.5 Å². The Balaban J connectivity index is 2.37. The third-order valence-corrected chi connectivity index (χ3v) is 3.29. The van der Waals surface area contributed by atoms with E-state index in [4.69, 9.17) is 12.2 Å². The molecule has 1 aromatic carbocycles. The van der Waals surface area contributed by atoms with Gasteiger partial charge in [0.2, 0.25) is 0 Å². The highest BCUT2D eigenvalue weighted by molar-refractivity contribution is 9.10. The van der Waals surface area contributed by atoms with Crippen LogP contribution in [0.15, 0.2) is 47.1 Å². The van der Waals surface area contributed by atoms with Crippen molar-refractivity contribution in [1.82, 2.24) is 14.5 Å². The Hall–Kier alpha value is -1.46. The average Bonchev–Trinajstić information content (AvgIpc) is 2.64. The van der Waals surface area contributed by atoms with Crippen LogP contribution in [0.2, 0.25) is 0 Å². The molecule has 0 aliphatic rings. The fourth-order valence-electron chi connectivity index (χ4n) is 1.79. The summed E-state index contributed by atoms with van der Waals surface area (Å²) in [7, 11) is 0. The minimum absolute atomic E-state index is 0.650. The van der Waals surface area contributed by atoms with E-state index >= 15 is 0 Å². The largest absolute Gasteiger partial charge is 0.329 e. The van der Waals surface area contributed by atoms with Gasteiger partial charge in [-0.05, 0) is 42.5 Å². The Labute approximate surface area is 111 Å². The minimum atomic E-state index is 0.650. The maximum Gasteiger partial charge on any atom is 0.183 e. The van der Waals surface area contributed by atoms with Crippen molar-refractivity contribution in [1.29, 1.82) is 0 Å². The first-order chi connectivity index (χ1) is 8.25. The van der Waals surface area contributed by atoms with E-state index in [2.05, 4.69) is 25.9 Å². The summed E-state index contributed by atoms with van der Waals surface area (Å²) >= 11 is 8.79. The van der Waals surface area contributed by atoms with Gasteiger partial charge in [-0.15, -0.1) is 0 Å². The van der Waals surface area contributed by atoms with Gasteiger partial charge in [-0.25, -0.2) is 4.98 Å². The lowest BCUT2D eigenvalue weighted by Crippen LogP contribution is -1.94. The van der Waals surface area contributed by atoms with Crippen LogP contribution in [0.25, 0.3) is 16.9 Å². The van der Waals surface area contributed by atoms with Crippen LogP contribution in [0.3, 0.4) is 0 Å². The highest BCUT2D eigenvalue weighted by atomic mass is 79.9. The van der Waals surface area contributed by atoms with Crippen LogP contribution >= 0.6 is 28.1 Å². The molecule has 1 N–H and O–H groups in total. The molecule has 5 heteroatoms. The van der Waals surface area contributed by atoms with E-state index in [0.717, 1.165) is 21.3 Å². The molecule has 0 bridgehead atoms. The molecule has 3 aromatic rings. The van der Waals surface area contributed by atoms with Crippen molar-refractivity contribution in [2.45, 2.75) is 0 Å². The first-order valence-corrected chi connectivity index (χ1v) is 6.27. The fraction of sp³-hybridized carbons (Fsp3) is 0. The number of rotatable bonds is 1. The van der Waals surface area contributed by atoms with E-state index in [1.54, 1.807) is 6.20 Å². The van der Waals surface area contributed by atoms with Gasteiger partial charge >= 0.3 is 0 Å². The summed E-state index contributed by atoms with van der Waals surface area (Å²) in [5, 5.41) is 0. The highest BCUT2D eigenvalue weighted by Gasteiger charge is 2.06. The molecule has 0 aliphatic carbocycles. The average molecular weight is 306 g/mol. The van der Waals surface area contributed by atoms with Gasteiger partial charge in [0.1, 0.15) is 0 Å². The number of nitrogens with zero attached hydrogens (tertiary/aromatic N) is 2. The quantitative estimate of drug-likeness (QED) is 0.693. The zero-order chi connectivity index (χ0) is 11.8. The predicted octanol–water partition coefficient (Wildman–Crippen LogP) is 3.85. The molecular weight excluding hydrogens is 298 g/mol. The van der Waals surface area contributed by atoms with Gasteiger partial charge in [0.25, 0.3) is 0 Å². The molecule has 3 rings (SSSR count). The van der Waals surface area contributed by atoms with E-state index < -0.39 is 0 Å². The predicted molar refractivity (Wildman–Crippen MR) is 74.0 cm³/mol. The minimum Gasteiger partial charge on any atom is -0.329 e. The zero-order valence-electron chi connectivity index (χ0n) is 8.72. The van der Waals surface area contributed by atoms with Crippen LogP contribution in [0.4, 0.5) is 0 Å². The summed E-state index contributed by atoms with van der Waals surface area (Å²) in [4.78, 5) is 7.50. The lowest BCUT2D eigenvalue weighted by molar-refractivity contribution is 1.04. The number of nitrogens with one attached hydrogen (secondary N) is 1. The maximum atomic E-state index is 5.33. The topological polar surface area (TPSA) is 33.6 Å². The zero-order valence-corrected chi connectivity index (χ0v) is 11.1. The van der Waals surface area contributed by atoms with Crippen molar-refractivity contribution in [2.24, 2.45) is 0 Å². The fourth-order valence-corrected chi connectivity index (χ4v) is 2.48. The third kappa shape index (κ3) is 1.81. The molecule has 17 heavy (non-hydrogen) atoms. The van der Waals surface area contributed by atoms with Crippen molar-refractivity contribution in [3.63, 3.8) is 0 Å². The van der Waals surface area contributed by atoms with Crippen molar-refractivity contribution in [3.8, 4) is 5.69 Å². The van der Waals surface area contributed by atoms with E-state index in [1.165, 1.54) is 0 Å². The summed E-state index contributed by atoms with van der Waals surface area (Å²) in [5.41, 5.74) is 2.78. The number of hydrogen-bond donors (Lipinski definition) is 1. The van der Waals surface area contributed by atoms with Crippen molar-refractivity contribution in [2.75, 3.05) is 0 Å². The Kier molecular flexibility index (Phi) is 2.57. The van der Waals surface area contributed by atoms with Gasteiger partial charge in [0.15, 0.2) is 10.4 Å². The van der Waals surface area contributed by atoms with Crippen LogP contribution in [0.5, 0.6) is 0 Å². The number of pyridine rings is 1. The van der Waals surface area contributed by atoms with Crippen LogP contribution in [0.1, 0.15) is 0 Å². The number of H-pyrrole nitrogens is 1. The van der Waals surface area contributed by atoms with Crippen LogP contribution in [0, 0.1) is 4.77 Å². The summed E-state index contributed by atoms with van der Waals surface area (Å²) in [5.74, 6) is 0. The molecule has 2 heterocycles. The molecule has 3 nitrogen and oxygen atoms in total. The molecule has 0 fully saturated rings. The maximum absolute atomic E-state index is 5.33. The van der Waals surface area contributed by atoms with Crippen LogP contribution < -0.4 is 0 Å². The number of fused-ring (bicyclic) bond motifs is 1. The van der Waals surface area contributed by atoms with Crippen LogP contribution in [-0.2, 0) is 0 Å². The van der Waals surface area contributed by atoms with Gasteiger partial charge < -0.3 is 4.98 Å². The molecule has 0 aliphatic heterocycles. The second-order valence-electron chi connectivity index (χ2n) is 3.62. The number of aromatic nitrogens is 3. The molecule has 0 spiro atoms. The molecule has 0 saturated carbocycles. The summed E-state index contributed by atoms with van der Waals surface area (Å²) in [6, 6.07) is 11.8. The molecule has 0 unspecified atom stereocenters. The first kappa shape index (κ1) is 10.7. The second kappa shape index (κ2) is 4.09. The van der Waals surface area contributed by atoms with Crippen molar-refractivity contribution < 1.29 is 0 Å².